The number of rotatable bonds is 4. The van der Waals surface area contributed by atoms with Crippen LogP contribution in [-0.4, -0.2) is 49.6 Å². The number of nitrogens with one attached hydrogen (secondary N) is 2. The van der Waals surface area contributed by atoms with Crippen LogP contribution in [-0.2, 0) is 9.59 Å². The number of carbonyl (C=O) groups excluding carboxylic acids is 2. The van der Waals surface area contributed by atoms with E-state index in [-0.39, 0.29) is 17.9 Å². The Kier molecular flexibility index (Phi) is 5.61. The van der Waals surface area contributed by atoms with Crippen molar-refractivity contribution in [2.45, 2.75) is 39.7 Å². The summed E-state index contributed by atoms with van der Waals surface area (Å²) in [5.41, 5.74) is 5.56. The molecule has 0 atom stereocenters. The van der Waals surface area contributed by atoms with Gasteiger partial charge in [0.25, 0.3) is 5.91 Å². The highest BCUT2D eigenvalue weighted by Crippen LogP contribution is 2.36. The topological polar surface area (TPSA) is 105 Å². The zero-order valence-corrected chi connectivity index (χ0v) is 19.5. The molecule has 0 aliphatic carbocycles. The van der Waals surface area contributed by atoms with Gasteiger partial charge in [0.2, 0.25) is 5.91 Å². The van der Waals surface area contributed by atoms with Crippen molar-refractivity contribution in [3.63, 3.8) is 0 Å². The van der Waals surface area contributed by atoms with Gasteiger partial charge in [-0.25, -0.2) is 0 Å². The van der Waals surface area contributed by atoms with Crippen molar-refractivity contribution in [1.82, 2.24) is 24.6 Å². The molecule has 2 amide bonds. The summed E-state index contributed by atoms with van der Waals surface area (Å²) in [6.07, 6.45) is 8.93. The summed E-state index contributed by atoms with van der Waals surface area (Å²) in [6, 6.07) is 6.04. The number of hydrogen-bond donors (Lipinski definition) is 2. The molecular weight excluding hydrogens is 430 g/mol. The summed E-state index contributed by atoms with van der Waals surface area (Å²) in [5, 5.41) is 10.9. The Morgan fingerprint density at radius 2 is 1.94 bits per heavy atom. The predicted octanol–water partition coefficient (Wildman–Crippen LogP) is 3.63. The van der Waals surface area contributed by atoms with E-state index in [9.17, 15) is 9.59 Å². The molecule has 0 aromatic carbocycles. The lowest BCUT2D eigenvalue weighted by Gasteiger charge is -2.31. The van der Waals surface area contributed by atoms with Crippen LogP contribution in [0.4, 0.5) is 11.5 Å². The number of carbonyl (C=O) groups is 2. The van der Waals surface area contributed by atoms with E-state index < -0.39 is 0 Å². The van der Waals surface area contributed by atoms with Gasteiger partial charge in [0, 0.05) is 61.5 Å². The zero-order valence-electron chi connectivity index (χ0n) is 19.5. The third-order valence-corrected chi connectivity index (χ3v) is 6.55. The number of fused-ring (bicyclic) bond motifs is 1. The molecule has 0 spiro atoms. The summed E-state index contributed by atoms with van der Waals surface area (Å²) < 4.78 is 1.95. The molecule has 2 N–H and O–H groups in total. The first-order chi connectivity index (χ1) is 16.4. The molecule has 0 bridgehead atoms. The average molecular weight is 458 g/mol. The zero-order chi connectivity index (χ0) is 23.8. The third-order valence-electron chi connectivity index (χ3n) is 6.55. The third kappa shape index (κ3) is 4.05. The lowest BCUT2D eigenvalue weighted by Crippen LogP contribution is -2.37. The number of aromatic nitrogens is 4. The summed E-state index contributed by atoms with van der Waals surface area (Å²) >= 11 is 0. The molecule has 3 aromatic rings. The number of amides is 2. The van der Waals surface area contributed by atoms with E-state index in [1.165, 1.54) is 0 Å². The van der Waals surface area contributed by atoms with Crippen molar-refractivity contribution in [2.75, 3.05) is 23.7 Å². The van der Waals surface area contributed by atoms with Crippen LogP contribution in [0.2, 0.25) is 0 Å². The van der Waals surface area contributed by atoms with Gasteiger partial charge < -0.3 is 15.5 Å². The van der Waals surface area contributed by atoms with Gasteiger partial charge in [-0.2, -0.15) is 5.10 Å². The van der Waals surface area contributed by atoms with Crippen molar-refractivity contribution in [3.05, 3.63) is 59.8 Å². The molecule has 9 nitrogen and oxygen atoms in total. The summed E-state index contributed by atoms with van der Waals surface area (Å²) in [5.74, 6) is 0.631. The van der Waals surface area contributed by atoms with E-state index in [1.807, 2.05) is 47.8 Å². The van der Waals surface area contributed by atoms with Gasteiger partial charge in [-0.15, -0.1) is 0 Å². The first-order valence-corrected chi connectivity index (χ1v) is 11.4. The molecule has 0 unspecified atom stereocenters. The van der Waals surface area contributed by atoms with Gasteiger partial charge in [-0.05, 0) is 44.4 Å². The van der Waals surface area contributed by atoms with Crippen molar-refractivity contribution in [2.24, 2.45) is 0 Å². The summed E-state index contributed by atoms with van der Waals surface area (Å²) in [4.78, 5) is 35.0. The molecule has 3 aromatic heterocycles. The molecule has 5 heterocycles. The molecule has 34 heavy (non-hydrogen) atoms. The second-order valence-electron chi connectivity index (χ2n) is 8.80. The van der Waals surface area contributed by atoms with Crippen LogP contribution in [0, 0.1) is 6.92 Å². The van der Waals surface area contributed by atoms with E-state index in [4.69, 9.17) is 0 Å². The van der Waals surface area contributed by atoms with Crippen molar-refractivity contribution < 1.29 is 9.59 Å². The van der Waals surface area contributed by atoms with Gasteiger partial charge in [-0.3, -0.25) is 24.2 Å². The van der Waals surface area contributed by atoms with Crippen LogP contribution >= 0.6 is 0 Å². The SMILES string of the molecule is CC(=O)N1CCC(n2ccc(N/C(C)=C3\C(=O)Nc4cnc(-c5cnccc5C)cc43)n2)CC1. The molecule has 1 saturated heterocycles. The van der Waals surface area contributed by atoms with E-state index in [2.05, 4.69) is 25.7 Å². The standard InChI is InChI=1S/C25H27N7O2/c1-15-4-8-26-13-20(15)21-12-19-22(14-27-21)29-25(34)24(19)16(2)28-23-7-11-32(30-23)18-5-9-31(10-6-18)17(3)33/h4,7-8,11-14,18H,5-6,9-10H2,1-3H3,(H,28,30)(H,29,34)/b24-16-. The number of pyridine rings is 2. The predicted molar refractivity (Wildman–Crippen MR) is 130 cm³/mol. The highest BCUT2D eigenvalue weighted by Gasteiger charge is 2.28. The molecule has 0 saturated carbocycles. The molecule has 174 valence electrons. The first-order valence-electron chi connectivity index (χ1n) is 11.4. The minimum atomic E-state index is -0.169. The van der Waals surface area contributed by atoms with Crippen LogP contribution in [0.3, 0.4) is 0 Å². The fraction of sp³-hybridized carbons (Fsp3) is 0.320. The van der Waals surface area contributed by atoms with E-state index in [0.29, 0.717) is 22.8 Å². The normalized spacial score (nSPS) is 17.4. The second-order valence-corrected chi connectivity index (χ2v) is 8.80. The maximum Gasteiger partial charge on any atom is 0.258 e. The van der Waals surface area contributed by atoms with Crippen LogP contribution in [0.25, 0.3) is 16.8 Å². The van der Waals surface area contributed by atoms with E-state index >= 15 is 0 Å². The minimum Gasteiger partial charge on any atom is -0.343 e. The van der Waals surface area contributed by atoms with Gasteiger partial charge >= 0.3 is 0 Å². The van der Waals surface area contributed by atoms with Gasteiger partial charge in [-0.1, -0.05) is 0 Å². The number of nitrogens with zero attached hydrogens (tertiary/aromatic N) is 5. The number of anilines is 2. The number of piperidine rings is 1. The van der Waals surface area contributed by atoms with Gasteiger partial charge in [0.15, 0.2) is 5.82 Å². The maximum atomic E-state index is 12.8. The molecule has 2 aliphatic heterocycles. The monoisotopic (exact) mass is 457 g/mol. The number of hydrogen-bond acceptors (Lipinski definition) is 6. The molecule has 5 rings (SSSR count). The van der Waals surface area contributed by atoms with E-state index in [0.717, 1.165) is 48.3 Å². The first kappa shape index (κ1) is 21.8. The molecule has 9 heteroatoms. The Hall–Kier alpha value is -4.01. The fourth-order valence-electron chi connectivity index (χ4n) is 4.63. The van der Waals surface area contributed by atoms with Crippen molar-refractivity contribution in [1.29, 1.82) is 0 Å². The van der Waals surface area contributed by atoms with Gasteiger partial charge in [0.1, 0.15) is 0 Å². The Morgan fingerprint density at radius 1 is 1.15 bits per heavy atom. The quantitative estimate of drug-likeness (QED) is 0.580. The van der Waals surface area contributed by atoms with E-state index in [1.54, 1.807) is 25.5 Å². The van der Waals surface area contributed by atoms with Crippen molar-refractivity contribution >= 4 is 28.9 Å². The van der Waals surface area contributed by atoms with Crippen LogP contribution in [0.15, 0.2) is 48.7 Å². The second kappa shape index (κ2) is 8.74. The Balaban J connectivity index is 1.38. The highest BCUT2D eigenvalue weighted by atomic mass is 16.2. The summed E-state index contributed by atoms with van der Waals surface area (Å²) in [6.45, 7) is 6.99. The molecular formula is C25H27N7O2. The fourth-order valence-corrected chi connectivity index (χ4v) is 4.63. The van der Waals surface area contributed by atoms with Gasteiger partial charge in [0.05, 0.1) is 29.2 Å². The van der Waals surface area contributed by atoms with Crippen molar-refractivity contribution in [3.8, 4) is 11.3 Å². The summed E-state index contributed by atoms with van der Waals surface area (Å²) in [7, 11) is 0. The Bertz CT molecular complexity index is 1300. The minimum absolute atomic E-state index is 0.121. The highest BCUT2D eigenvalue weighted by molar-refractivity contribution is 6.32. The molecule has 0 radical (unpaired) electrons. The Morgan fingerprint density at radius 3 is 2.68 bits per heavy atom. The lowest BCUT2D eigenvalue weighted by atomic mass is 10.0. The maximum absolute atomic E-state index is 12.8. The smallest absolute Gasteiger partial charge is 0.258 e. The van der Waals surface area contributed by atoms with Crippen LogP contribution < -0.4 is 10.6 Å². The average Bonchev–Trinajstić information content (AvgIpc) is 3.42. The lowest BCUT2D eigenvalue weighted by molar-refractivity contribution is -0.130. The van der Waals surface area contributed by atoms with Crippen LogP contribution in [0.5, 0.6) is 0 Å². The Labute approximate surface area is 197 Å². The largest absolute Gasteiger partial charge is 0.343 e. The number of likely N-dealkylation sites (tertiary alicyclic amines) is 1. The molecule has 1 fully saturated rings. The number of aryl methyl sites for hydroxylation is 1. The molecule has 2 aliphatic rings. The number of allylic oxidation sites excluding steroid dienone is 1. The van der Waals surface area contributed by atoms with Crippen LogP contribution in [0.1, 0.15) is 43.9 Å².